The van der Waals surface area contributed by atoms with Crippen LogP contribution in [0.5, 0.6) is 0 Å². The van der Waals surface area contributed by atoms with Crippen LogP contribution in [0.25, 0.3) is 17.1 Å². The summed E-state index contributed by atoms with van der Waals surface area (Å²) in [5, 5.41) is 12.6. The molecule has 106 valence electrons. The molecular formula is C14H11BrClN5. The summed E-state index contributed by atoms with van der Waals surface area (Å²) in [6.45, 7) is 1.93. The van der Waals surface area contributed by atoms with Crippen molar-refractivity contribution in [2.24, 2.45) is 0 Å². The quantitative estimate of drug-likeness (QED) is 0.705. The zero-order valence-electron chi connectivity index (χ0n) is 11.1. The molecule has 21 heavy (non-hydrogen) atoms. The molecule has 0 saturated carbocycles. The molecule has 2 aromatic carbocycles. The van der Waals surface area contributed by atoms with Gasteiger partial charge < -0.3 is 5.73 Å². The Morgan fingerprint density at radius 1 is 1.24 bits per heavy atom. The van der Waals surface area contributed by atoms with E-state index in [-0.39, 0.29) is 0 Å². The van der Waals surface area contributed by atoms with Gasteiger partial charge in [-0.25, -0.2) is 0 Å². The van der Waals surface area contributed by atoms with Crippen molar-refractivity contribution in [3.8, 4) is 17.1 Å². The molecule has 0 bridgehead atoms. The molecular weight excluding hydrogens is 354 g/mol. The Morgan fingerprint density at radius 2 is 2.05 bits per heavy atom. The third kappa shape index (κ3) is 2.52. The molecule has 1 aromatic heterocycles. The first-order valence-corrected chi connectivity index (χ1v) is 7.34. The lowest BCUT2D eigenvalue weighted by Crippen LogP contribution is -2.03. The molecule has 1 heterocycles. The maximum Gasteiger partial charge on any atom is 0.188 e. The fraction of sp³-hybridized carbons (Fsp3) is 0.0714. The van der Waals surface area contributed by atoms with Crippen LogP contribution in [0, 0.1) is 6.92 Å². The molecule has 0 unspecified atom stereocenters. The maximum atomic E-state index is 6.17. The minimum Gasteiger partial charge on any atom is -0.399 e. The molecule has 0 radical (unpaired) electrons. The number of aromatic nitrogens is 4. The summed E-state index contributed by atoms with van der Waals surface area (Å²) >= 11 is 9.68. The van der Waals surface area contributed by atoms with Crippen molar-refractivity contribution in [2.75, 3.05) is 5.73 Å². The number of hydrogen-bond donors (Lipinski definition) is 1. The monoisotopic (exact) mass is 363 g/mol. The summed E-state index contributed by atoms with van der Waals surface area (Å²) in [6.07, 6.45) is 0. The Hall–Kier alpha value is -1.92. The van der Waals surface area contributed by atoms with E-state index in [4.69, 9.17) is 17.3 Å². The van der Waals surface area contributed by atoms with Crippen molar-refractivity contribution in [1.29, 1.82) is 0 Å². The molecule has 0 atom stereocenters. The molecule has 0 aliphatic heterocycles. The number of hydrogen-bond acceptors (Lipinski definition) is 4. The average Bonchev–Trinajstić information content (AvgIpc) is 2.93. The molecule has 7 heteroatoms. The van der Waals surface area contributed by atoms with Gasteiger partial charge in [-0.1, -0.05) is 33.6 Å². The van der Waals surface area contributed by atoms with Crippen LogP contribution in [-0.4, -0.2) is 20.2 Å². The molecule has 2 N–H and O–H groups in total. The summed E-state index contributed by atoms with van der Waals surface area (Å²) in [5.41, 5.74) is 9.06. The molecule has 0 saturated heterocycles. The van der Waals surface area contributed by atoms with Crippen molar-refractivity contribution in [1.82, 2.24) is 20.2 Å². The van der Waals surface area contributed by atoms with Gasteiger partial charge >= 0.3 is 0 Å². The summed E-state index contributed by atoms with van der Waals surface area (Å²) in [7, 11) is 0. The van der Waals surface area contributed by atoms with E-state index in [2.05, 4.69) is 31.5 Å². The smallest absolute Gasteiger partial charge is 0.188 e. The maximum absolute atomic E-state index is 6.17. The number of tetrazole rings is 1. The largest absolute Gasteiger partial charge is 0.399 e. The molecule has 0 aliphatic carbocycles. The summed E-state index contributed by atoms with van der Waals surface area (Å²) in [6, 6.07) is 11.1. The van der Waals surface area contributed by atoms with Crippen molar-refractivity contribution in [3.05, 3.63) is 51.5 Å². The standard InChI is InChI=1S/C14H11BrClN5/c1-8-12(16)3-2-4-13(8)21-14(18-19-20-21)10-7-9(17)5-6-11(10)15/h2-7H,17H2,1H3. The van der Waals surface area contributed by atoms with Crippen molar-refractivity contribution in [3.63, 3.8) is 0 Å². The van der Waals surface area contributed by atoms with Gasteiger partial charge in [0.1, 0.15) is 0 Å². The second kappa shape index (κ2) is 5.46. The van der Waals surface area contributed by atoms with E-state index in [1.807, 2.05) is 43.3 Å². The van der Waals surface area contributed by atoms with E-state index in [1.54, 1.807) is 4.68 Å². The van der Waals surface area contributed by atoms with Gasteiger partial charge in [0.15, 0.2) is 5.82 Å². The lowest BCUT2D eigenvalue weighted by atomic mass is 10.1. The summed E-state index contributed by atoms with van der Waals surface area (Å²) in [5.74, 6) is 0.597. The van der Waals surface area contributed by atoms with E-state index < -0.39 is 0 Å². The predicted molar refractivity (Wildman–Crippen MR) is 86.4 cm³/mol. The van der Waals surface area contributed by atoms with Crippen molar-refractivity contribution >= 4 is 33.2 Å². The Labute approximate surface area is 134 Å². The fourth-order valence-corrected chi connectivity index (χ4v) is 2.65. The molecule has 0 spiro atoms. The molecule has 3 rings (SSSR count). The number of halogens is 2. The molecule has 5 nitrogen and oxygen atoms in total. The average molecular weight is 365 g/mol. The van der Waals surface area contributed by atoms with Crippen LogP contribution < -0.4 is 5.73 Å². The second-order valence-electron chi connectivity index (χ2n) is 4.54. The van der Waals surface area contributed by atoms with Crippen LogP contribution in [0.2, 0.25) is 5.02 Å². The van der Waals surface area contributed by atoms with Gasteiger partial charge in [-0.2, -0.15) is 4.68 Å². The van der Waals surface area contributed by atoms with Gasteiger partial charge in [0.05, 0.1) is 5.69 Å². The lowest BCUT2D eigenvalue weighted by Gasteiger charge is -2.10. The highest BCUT2D eigenvalue weighted by atomic mass is 79.9. The highest BCUT2D eigenvalue weighted by Gasteiger charge is 2.16. The zero-order chi connectivity index (χ0) is 15.0. The van der Waals surface area contributed by atoms with Gasteiger partial charge in [-0.15, -0.1) is 5.10 Å². The Balaban J connectivity index is 2.22. The first-order valence-electron chi connectivity index (χ1n) is 6.17. The minimum absolute atomic E-state index is 0.597. The SMILES string of the molecule is Cc1c(Cl)cccc1-n1nnnc1-c1cc(N)ccc1Br. The number of benzene rings is 2. The van der Waals surface area contributed by atoms with Crippen LogP contribution in [0.1, 0.15) is 5.56 Å². The fourth-order valence-electron chi connectivity index (χ4n) is 2.06. The molecule has 0 fully saturated rings. The minimum atomic E-state index is 0.597. The van der Waals surface area contributed by atoms with Crippen LogP contribution >= 0.6 is 27.5 Å². The highest BCUT2D eigenvalue weighted by molar-refractivity contribution is 9.10. The number of nitrogen functional groups attached to an aromatic ring is 1. The lowest BCUT2D eigenvalue weighted by molar-refractivity contribution is 0.787. The van der Waals surface area contributed by atoms with Gasteiger partial charge in [0.2, 0.25) is 0 Å². The van der Waals surface area contributed by atoms with E-state index in [9.17, 15) is 0 Å². The van der Waals surface area contributed by atoms with Gasteiger partial charge in [0.25, 0.3) is 0 Å². The van der Waals surface area contributed by atoms with Gasteiger partial charge in [0, 0.05) is 20.7 Å². The first kappa shape index (κ1) is 14.0. The first-order chi connectivity index (χ1) is 10.1. The number of anilines is 1. The molecule has 0 aliphatic rings. The normalized spacial score (nSPS) is 10.8. The topological polar surface area (TPSA) is 69.6 Å². The molecule has 3 aromatic rings. The van der Waals surface area contributed by atoms with Crippen molar-refractivity contribution < 1.29 is 0 Å². The predicted octanol–water partition coefficient (Wildman–Crippen LogP) is 3.64. The van der Waals surface area contributed by atoms with Crippen LogP contribution in [0.4, 0.5) is 5.69 Å². The Morgan fingerprint density at radius 3 is 2.86 bits per heavy atom. The summed E-state index contributed by atoms with van der Waals surface area (Å²) in [4.78, 5) is 0. The van der Waals surface area contributed by atoms with E-state index in [1.165, 1.54) is 0 Å². The van der Waals surface area contributed by atoms with Crippen molar-refractivity contribution in [2.45, 2.75) is 6.92 Å². The van der Waals surface area contributed by atoms with E-state index in [0.717, 1.165) is 21.3 Å². The van der Waals surface area contributed by atoms with E-state index in [0.29, 0.717) is 16.5 Å². The second-order valence-corrected chi connectivity index (χ2v) is 5.80. The van der Waals surface area contributed by atoms with Crippen LogP contribution in [0.3, 0.4) is 0 Å². The van der Waals surface area contributed by atoms with Crippen LogP contribution in [0.15, 0.2) is 40.9 Å². The van der Waals surface area contributed by atoms with Gasteiger partial charge in [-0.3, -0.25) is 0 Å². The zero-order valence-corrected chi connectivity index (χ0v) is 13.4. The summed E-state index contributed by atoms with van der Waals surface area (Å²) < 4.78 is 2.52. The third-order valence-corrected chi connectivity index (χ3v) is 4.27. The number of nitrogens with two attached hydrogens (primary N) is 1. The molecule has 0 amide bonds. The highest BCUT2D eigenvalue weighted by Crippen LogP contribution is 2.31. The number of rotatable bonds is 2. The van der Waals surface area contributed by atoms with Crippen LogP contribution in [-0.2, 0) is 0 Å². The third-order valence-electron chi connectivity index (χ3n) is 3.17. The van der Waals surface area contributed by atoms with Gasteiger partial charge in [-0.05, 0) is 53.2 Å². The Bertz CT molecular complexity index is 798. The number of nitrogens with zero attached hydrogens (tertiary/aromatic N) is 4. The van der Waals surface area contributed by atoms with E-state index >= 15 is 0 Å². The Kier molecular flexibility index (Phi) is 3.65.